The van der Waals surface area contributed by atoms with E-state index in [2.05, 4.69) is 5.32 Å². The third-order valence-electron chi connectivity index (χ3n) is 3.08. The normalized spacial score (nSPS) is 20.1. The minimum Gasteiger partial charge on any atom is -0.357 e. The predicted molar refractivity (Wildman–Crippen MR) is 67.1 cm³/mol. The van der Waals surface area contributed by atoms with Crippen LogP contribution in [-0.4, -0.2) is 36.3 Å². The molecule has 5 heteroatoms. The second-order valence-corrected chi connectivity index (χ2v) is 4.92. The van der Waals surface area contributed by atoms with Crippen molar-refractivity contribution >= 4 is 23.2 Å². The number of hydrogen-bond acceptors (Lipinski definition) is 3. The Morgan fingerprint density at radius 3 is 2.94 bits per heavy atom. The fourth-order valence-electron chi connectivity index (χ4n) is 2.17. The van der Waals surface area contributed by atoms with Gasteiger partial charge in [-0.1, -0.05) is 0 Å². The van der Waals surface area contributed by atoms with Crippen LogP contribution in [0.5, 0.6) is 0 Å². The Balaban J connectivity index is 2.16. The van der Waals surface area contributed by atoms with Crippen LogP contribution in [0.1, 0.15) is 29.6 Å². The minimum absolute atomic E-state index is 0.0282. The number of nitrogens with one attached hydrogen (secondary N) is 1. The third kappa shape index (κ3) is 2.49. The maximum atomic E-state index is 12.2. The van der Waals surface area contributed by atoms with Gasteiger partial charge in [0.05, 0.1) is 5.56 Å². The Morgan fingerprint density at radius 1 is 1.47 bits per heavy atom. The van der Waals surface area contributed by atoms with Gasteiger partial charge in [0.15, 0.2) is 0 Å². The molecule has 0 saturated carbocycles. The fourth-order valence-corrected chi connectivity index (χ4v) is 2.80. The first-order valence-electron chi connectivity index (χ1n) is 5.79. The van der Waals surface area contributed by atoms with E-state index in [4.69, 9.17) is 0 Å². The van der Waals surface area contributed by atoms with Crippen molar-refractivity contribution in [3.63, 3.8) is 0 Å². The second kappa shape index (κ2) is 5.31. The van der Waals surface area contributed by atoms with Crippen molar-refractivity contribution in [3.05, 3.63) is 22.4 Å². The lowest BCUT2D eigenvalue weighted by molar-refractivity contribution is -0.126. The molecule has 0 unspecified atom stereocenters. The second-order valence-electron chi connectivity index (χ2n) is 4.14. The maximum Gasteiger partial charge on any atom is 0.255 e. The van der Waals surface area contributed by atoms with Crippen LogP contribution in [0.2, 0.25) is 0 Å². The molecule has 2 amide bonds. The van der Waals surface area contributed by atoms with E-state index in [1.165, 1.54) is 11.3 Å². The van der Waals surface area contributed by atoms with Crippen molar-refractivity contribution < 1.29 is 9.59 Å². The lowest BCUT2D eigenvalue weighted by atomic mass is 10.0. The summed E-state index contributed by atoms with van der Waals surface area (Å²) < 4.78 is 0. The zero-order valence-electron chi connectivity index (χ0n) is 9.81. The smallest absolute Gasteiger partial charge is 0.255 e. The zero-order chi connectivity index (χ0) is 12.3. The van der Waals surface area contributed by atoms with Crippen LogP contribution >= 0.6 is 11.3 Å². The molecule has 1 aromatic rings. The molecule has 2 heterocycles. The van der Waals surface area contributed by atoms with E-state index in [0.29, 0.717) is 12.1 Å². The van der Waals surface area contributed by atoms with Gasteiger partial charge in [0, 0.05) is 19.0 Å². The largest absolute Gasteiger partial charge is 0.357 e. The molecule has 2 rings (SSSR count). The lowest BCUT2D eigenvalue weighted by Crippen LogP contribution is -2.51. The van der Waals surface area contributed by atoms with Crippen LogP contribution < -0.4 is 5.32 Å². The van der Waals surface area contributed by atoms with Gasteiger partial charge in [-0.15, -0.1) is 0 Å². The van der Waals surface area contributed by atoms with Crippen molar-refractivity contribution in [2.45, 2.75) is 25.3 Å². The number of carbonyl (C=O) groups is 2. The average molecular weight is 252 g/mol. The standard InChI is InChI=1S/C12H16N2O2S/c1-13-11(15)10-4-2-3-6-14(10)12(16)9-5-7-17-8-9/h5,7-8,10H,2-4,6H2,1H3,(H,13,15)/t10-/m1/s1. The number of hydrogen-bond donors (Lipinski definition) is 1. The molecular weight excluding hydrogens is 236 g/mol. The summed E-state index contributed by atoms with van der Waals surface area (Å²) in [5, 5.41) is 6.35. The Kier molecular flexibility index (Phi) is 3.78. The molecule has 1 aliphatic rings. The third-order valence-corrected chi connectivity index (χ3v) is 3.76. The molecule has 0 radical (unpaired) electrons. The van der Waals surface area contributed by atoms with Gasteiger partial charge in [0.25, 0.3) is 5.91 Å². The summed E-state index contributed by atoms with van der Waals surface area (Å²) in [6.45, 7) is 0.673. The van der Waals surface area contributed by atoms with Crippen molar-refractivity contribution in [3.8, 4) is 0 Å². The van der Waals surface area contributed by atoms with Gasteiger partial charge in [-0.25, -0.2) is 0 Å². The van der Waals surface area contributed by atoms with Gasteiger partial charge < -0.3 is 10.2 Å². The van der Waals surface area contributed by atoms with E-state index >= 15 is 0 Å². The van der Waals surface area contributed by atoms with Crippen LogP contribution in [0.25, 0.3) is 0 Å². The number of piperidine rings is 1. The molecular formula is C12H16N2O2S. The number of likely N-dealkylation sites (N-methyl/N-ethyl adjacent to an activating group) is 1. The summed E-state index contributed by atoms with van der Waals surface area (Å²) in [6.07, 6.45) is 2.74. The summed E-state index contributed by atoms with van der Waals surface area (Å²) in [4.78, 5) is 25.7. The van der Waals surface area contributed by atoms with Crippen LogP contribution in [-0.2, 0) is 4.79 Å². The van der Waals surface area contributed by atoms with Gasteiger partial charge >= 0.3 is 0 Å². The molecule has 0 aliphatic carbocycles. The Morgan fingerprint density at radius 2 is 2.29 bits per heavy atom. The number of thiophene rings is 1. The van der Waals surface area contributed by atoms with Crippen LogP contribution in [0.3, 0.4) is 0 Å². The molecule has 1 N–H and O–H groups in total. The summed E-state index contributed by atoms with van der Waals surface area (Å²) >= 11 is 1.50. The van der Waals surface area contributed by atoms with Crippen molar-refractivity contribution in [2.75, 3.05) is 13.6 Å². The van der Waals surface area contributed by atoms with E-state index in [9.17, 15) is 9.59 Å². The van der Waals surface area contributed by atoms with Crippen LogP contribution in [0.4, 0.5) is 0 Å². The highest BCUT2D eigenvalue weighted by Crippen LogP contribution is 2.20. The Hall–Kier alpha value is -1.36. The summed E-state index contributed by atoms with van der Waals surface area (Å²) in [5.74, 6) is -0.0900. The fraction of sp³-hybridized carbons (Fsp3) is 0.500. The predicted octanol–water partition coefficient (Wildman–Crippen LogP) is 1.49. The van der Waals surface area contributed by atoms with E-state index in [-0.39, 0.29) is 17.9 Å². The maximum absolute atomic E-state index is 12.2. The number of amides is 2. The molecule has 17 heavy (non-hydrogen) atoms. The molecule has 1 saturated heterocycles. The van der Waals surface area contributed by atoms with Gasteiger partial charge in [-0.2, -0.15) is 11.3 Å². The van der Waals surface area contributed by atoms with Gasteiger partial charge in [-0.05, 0) is 30.7 Å². The average Bonchev–Trinajstić information content (AvgIpc) is 2.91. The molecule has 1 aliphatic heterocycles. The molecule has 1 atom stereocenters. The Bertz CT molecular complexity index is 403. The van der Waals surface area contributed by atoms with Crippen LogP contribution in [0, 0.1) is 0 Å². The summed E-state index contributed by atoms with van der Waals surface area (Å²) in [7, 11) is 1.62. The first kappa shape index (κ1) is 12.1. The van der Waals surface area contributed by atoms with E-state index < -0.39 is 0 Å². The van der Waals surface area contributed by atoms with E-state index in [0.717, 1.165) is 19.3 Å². The van der Waals surface area contributed by atoms with Crippen LogP contribution in [0.15, 0.2) is 16.8 Å². The molecule has 92 valence electrons. The first-order valence-corrected chi connectivity index (χ1v) is 6.73. The Labute approximate surface area is 105 Å². The molecule has 1 aromatic heterocycles. The number of carbonyl (C=O) groups excluding carboxylic acids is 2. The van der Waals surface area contributed by atoms with Crippen molar-refractivity contribution in [1.29, 1.82) is 0 Å². The molecule has 1 fully saturated rings. The van der Waals surface area contributed by atoms with Gasteiger partial charge in [0.2, 0.25) is 5.91 Å². The number of nitrogens with zero attached hydrogens (tertiary/aromatic N) is 1. The zero-order valence-corrected chi connectivity index (χ0v) is 10.6. The minimum atomic E-state index is -0.304. The van der Waals surface area contributed by atoms with Crippen molar-refractivity contribution in [1.82, 2.24) is 10.2 Å². The quantitative estimate of drug-likeness (QED) is 0.867. The highest BCUT2D eigenvalue weighted by molar-refractivity contribution is 7.08. The molecule has 0 spiro atoms. The van der Waals surface area contributed by atoms with E-state index in [1.807, 2.05) is 16.8 Å². The highest BCUT2D eigenvalue weighted by atomic mass is 32.1. The topological polar surface area (TPSA) is 49.4 Å². The molecule has 0 aromatic carbocycles. The summed E-state index contributed by atoms with van der Waals surface area (Å²) in [6, 6.07) is 1.50. The monoisotopic (exact) mass is 252 g/mol. The summed E-state index contributed by atoms with van der Waals surface area (Å²) in [5.41, 5.74) is 0.686. The molecule has 4 nitrogen and oxygen atoms in total. The first-order chi connectivity index (χ1) is 8.24. The number of likely N-dealkylation sites (tertiary alicyclic amines) is 1. The van der Waals surface area contributed by atoms with E-state index in [1.54, 1.807) is 11.9 Å². The SMILES string of the molecule is CNC(=O)[C@H]1CCCCN1C(=O)c1ccsc1. The number of rotatable bonds is 2. The highest BCUT2D eigenvalue weighted by Gasteiger charge is 2.31. The van der Waals surface area contributed by atoms with Crippen molar-refractivity contribution in [2.24, 2.45) is 0 Å². The van der Waals surface area contributed by atoms with Gasteiger partial charge in [0.1, 0.15) is 6.04 Å². The molecule has 0 bridgehead atoms. The van der Waals surface area contributed by atoms with Gasteiger partial charge in [-0.3, -0.25) is 9.59 Å². The lowest BCUT2D eigenvalue weighted by Gasteiger charge is -2.34.